The van der Waals surface area contributed by atoms with E-state index in [0.717, 1.165) is 0 Å². The molecule has 2 atom stereocenters. The van der Waals surface area contributed by atoms with Gasteiger partial charge >= 0.3 is 5.51 Å². The van der Waals surface area contributed by atoms with Gasteiger partial charge in [-0.3, -0.25) is 0 Å². The Hall–Kier alpha value is -0.240. The van der Waals surface area contributed by atoms with Gasteiger partial charge in [0.1, 0.15) is 6.10 Å². The van der Waals surface area contributed by atoms with Crippen molar-refractivity contribution in [2.75, 3.05) is 5.33 Å². The molecule has 2 nitrogen and oxygen atoms in total. The molecule has 0 fully saturated rings. The Labute approximate surface area is 115 Å². The van der Waals surface area contributed by atoms with Crippen molar-refractivity contribution in [2.45, 2.75) is 29.0 Å². The van der Waals surface area contributed by atoms with Gasteiger partial charge in [-0.15, -0.1) is 0 Å². The van der Waals surface area contributed by atoms with E-state index >= 15 is 0 Å². The number of rotatable bonds is 5. The Kier molecular flexibility index (Phi) is 5.97. The van der Waals surface area contributed by atoms with Crippen LogP contribution < -0.4 is 0 Å². The van der Waals surface area contributed by atoms with Crippen molar-refractivity contribution in [3.63, 3.8) is 0 Å². The number of thioether (sulfide) groups is 1. The summed E-state index contributed by atoms with van der Waals surface area (Å²) in [5.41, 5.74) is -3.93. The van der Waals surface area contributed by atoms with Gasteiger partial charge in [0.25, 0.3) is 0 Å². The lowest BCUT2D eigenvalue weighted by molar-refractivity contribution is -0.0328. The molecular weight excluding hydrogens is 333 g/mol. The van der Waals surface area contributed by atoms with Gasteiger partial charge in [-0.2, -0.15) is 13.2 Å². The monoisotopic (exact) mass is 344 g/mol. The van der Waals surface area contributed by atoms with E-state index in [2.05, 4.69) is 15.9 Å². The average Bonchev–Trinajstić information content (AvgIpc) is 2.27. The highest BCUT2D eigenvalue weighted by Crippen LogP contribution is 2.37. The van der Waals surface area contributed by atoms with Crippen LogP contribution in [-0.2, 0) is 0 Å². The van der Waals surface area contributed by atoms with Crippen LogP contribution in [0.3, 0.4) is 0 Å². The van der Waals surface area contributed by atoms with E-state index in [0.29, 0.717) is 17.3 Å². The van der Waals surface area contributed by atoms with Gasteiger partial charge in [0.15, 0.2) is 0 Å². The molecule has 0 aliphatic carbocycles. The molecule has 0 aromatic heterocycles. The molecule has 0 saturated carbocycles. The molecule has 2 unspecified atom stereocenters. The largest absolute Gasteiger partial charge is 0.446 e. The van der Waals surface area contributed by atoms with Crippen molar-refractivity contribution < 1.29 is 23.4 Å². The fourth-order valence-corrected chi connectivity index (χ4v) is 2.37. The predicted octanol–water partition coefficient (Wildman–Crippen LogP) is 3.48. The van der Waals surface area contributed by atoms with Crippen LogP contribution in [0.25, 0.3) is 0 Å². The van der Waals surface area contributed by atoms with Gasteiger partial charge < -0.3 is 10.2 Å². The summed E-state index contributed by atoms with van der Waals surface area (Å²) >= 11 is 2.92. The van der Waals surface area contributed by atoms with Crippen LogP contribution in [0.2, 0.25) is 0 Å². The normalized spacial score (nSPS) is 15.4. The summed E-state index contributed by atoms with van der Waals surface area (Å²) in [6, 6.07) is 5.32. The summed E-state index contributed by atoms with van der Waals surface area (Å²) in [6.07, 6.45) is -1.67. The highest BCUT2D eigenvalue weighted by Gasteiger charge is 2.29. The molecule has 0 spiro atoms. The van der Waals surface area contributed by atoms with E-state index in [1.807, 2.05) is 0 Å². The summed E-state index contributed by atoms with van der Waals surface area (Å²) in [7, 11) is 0. The van der Waals surface area contributed by atoms with Crippen molar-refractivity contribution in [3.8, 4) is 0 Å². The highest BCUT2D eigenvalue weighted by atomic mass is 79.9. The summed E-state index contributed by atoms with van der Waals surface area (Å²) in [4.78, 5) is 0.0495. The zero-order valence-corrected chi connectivity index (χ0v) is 11.6. The lowest BCUT2D eigenvalue weighted by atomic mass is 10.0. The van der Waals surface area contributed by atoms with Gasteiger partial charge in [0.05, 0.1) is 6.10 Å². The molecule has 0 aliphatic heterocycles. The van der Waals surface area contributed by atoms with Gasteiger partial charge in [0.2, 0.25) is 0 Å². The van der Waals surface area contributed by atoms with Crippen LogP contribution in [-0.4, -0.2) is 27.2 Å². The number of halogens is 4. The van der Waals surface area contributed by atoms with Crippen LogP contribution in [0.4, 0.5) is 13.2 Å². The number of hydrogen-bond donors (Lipinski definition) is 2. The van der Waals surface area contributed by atoms with E-state index < -0.39 is 17.7 Å². The van der Waals surface area contributed by atoms with E-state index in [-0.39, 0.29) is 16.7 Å². The van der Waals surface area contributed by atoms with Crippen LogP contribution in [0, 0.1) is 0 Å². The molecule has 18 heavy (non-hydrogen) atoms. The van der Waals surface area contributed by atoms with E-state index in [1.165, 1.54) is 24.3 Å². The molecule has 1 aromatic carbocycles. The molecule has 7 heteroatoms. The van der Waals surface area contributed by atoms with E-state index in [9.17, 15) is 23.4 Å². The van der Waals surface area contributed by atoms with Crippen LogP contribution >= 0.6 is 27.7 Å². The first kappa shape index (κ1) is 15.8. The fourth-order valence-electron chi connectivity index (χ4n) is 1.36. The molecule has 0 heterocycles. The second kappa shape index (κ2) is 6.79. The Morgan fingerprint density at radius 2 is 1.72 bits per heavy atom. The van der Waals surface area contributed by atoms with Gasteiger partial charge in [-0.1, -0.05) is 28.1 Å². The molecule has 0 amide bonds. The molecule has 0 aliphatic rings. The van der Waals surface area contributed by atoms with Crippen LogP contribution in [0.5, 0.6) is 0 Å². The topological polar surface area (TPSA) is 40.5 Å². The number of alkyl halides is 4. The quantitative estimate of drug-likeness (QED) is 0.634. The molecule has 0 bridgehead atoms. The van der Waals surface area contributed by atoms with Gasteiger partial charge in [0, 0.05) is 10.2 Å². The van der Waals surface area contributed by atoms with Crippen molar-refractivity contribution in [1.82, 2.24) is 0 Å². The maximum absolute atomic E-state index is 12.1. The lowest BCUT2D eigenvalue weighted by Crippen LogP contribution is -2.18. The first-order chi connectivity index (χ1) is 8.33. The number of aliphatic hydroxyl groups excluding tert-OH is 2. The summed E-state index contributed by atoms with van der Waals surface area (Å²) in [5, 5.41) is 19.8. The molecule has 102 valence electrons. The Bertz CT molecular complexity index is 370. The number of benzene rings is 1. The van der Waals surface area contributed by atoms with Gasteiger partial charge in [-0.05, 0) is 35.9 Å². The first-order valence-corrected chi connectivity index (χ1v) is 7.05. The van der Waals surface area contributed by atoms with E-state index in [4.69, 9.17) is 0 Å². The minimum absolute atomic E-state index is 0.0495. The third-order valence-corrected chi connectivity index (χ3v) is 3.42. The lowest BCUT2D eigenvalue weighted by Gasteiger charge is -2.17. The SMILES string of the molecule is OC(CCBr)C(O)c1ccc(SC(F)(F)F)cc1. The fraction of sp³-hybridized carbons (Fsp3) is 0.455. The molecular formula is C11H12BrF3O2S. The average molecular weight is 345 g/mol. The standard InChI is InChI=1S/C11H12BrF3O2S/c12-6-5-9(16)10(17)7-1-3-8(4-2-7)18-11(13,14)15/h1-4,9-10,16-17H,5-6H2. The first-order valence-electron chi connectivity index (χ1n) is 5.11. The second-order valence-electron chi connectivity index (χ2n) is 3.61. The minimum Gasteiger partial charge on any atom is -0.390 e. The summed E-state index contributed by atoms with van der Waals surface area (Å²) in [5.74, 6) is 0. The molecule has 1 rings (SSSR count). The third-order valence-electron chi connectivity index (χ3n) is 2.22. The Morgan fingerprint density at radius 1 is 1.17 bits per heavy atom. The number of hydrogen-bond acceptors (Lipinski definition) is 3. The third kappa shape index (κ3) is 5.17. The van der Waals surface area contributed by atoms with Crippen molar-refractivity contribution in [2.24, 2.45) is 0 Å². The zero-order chi connectivity index (χ0) is 13.8. The van der Waals surface area contributed by atoms with Gasteiger partial charge in [-0.25, -0.2) is 0 Å². The maximum Gasteiger partial charge on any atom is 0.446 e. The zero-order valence-electron chi connectivity index (χ0n) is 9.19. The summed E-state index contributed by atoms with van der Waals surface area (Å²) < 4.78 is 36.3. The van der Waals surface area contributed by atoms with Crippen molar-refractivity contribution in [1.29, 1.82) is 0 Å². The molecule has 0 saturated heterocycles. The predicted molar refractivity (Wildman–Crippen MR) is 67.7 cm³/mol. The molecule has 1 aromatic rings. The maximum atomic E-state index is 12.1. The Balaban J connectivity index is 2.70. The molecule has 0 radical (unpaired) electrons. The minimum atomic E-state index is -4.32. The smallest absolute Gasteiger partial charge is 0.390 e. The Morgan fingerprint density at radius 3 is 2.17 bits per heavy atom. The molecule has 2 N–H and O–H groups in total. The van der Waals surface area contributed by atoms with Crippen LogP contribution in [0.15, 0.2) is 29.2 Å². The van der Waals surface area contributed by atoms with Crippen molar-refractivity contribution in [3.05, 3.63) is 29.8 Å². The summed E-state index contributed by atoms with van der Waals surface area (Å²) in [6.45, 7) is 0. The van der Waals surface area contributed by atoms with Crippen LogP contribution in [0.1, 0.15) is 18.1 Å². The van der Waals surface area contributed by atoms with Crippen molar-refractivity contribution >= 4 is 27.7 Å². The number of aliphatic hydroxyl groups is 2. The van der Waals surface area contributed by atoms with E-state index in [1.54, 1.807) is 0 Å². The highest BCUT2D eigenvalue weighted by molar-refractivity contribution is 9.09. The second-order valence-corrected chi connectivity index (χ2v) is 5.54.